The van der Waals surface area contributed by atoms with Crippen molar-refractivity contribution in [2.45, 2.75) is 26.3 Å². The molecule has 0 amide bonds. The van der Waals surface area contributed by atoms with Crippen molar-refractivity contribution in [3.63, 3.8) is 0 Å². The minimum absolute atomic E-state index is 0.518. The maximum Gasteiger partial charge on any atom is 0.171 e. The molecule has 0 aliphatic carbocycles. The fraction of sp³-hybridized carbons (Fsp3) is 0.615. The second-order valence-electron chi connectivity index (χ2n) is 4.44. The van der Waals surface area contributed by atoms with Crippen LogP contribution in [0.3, 0.4) is 0 Å². The highest BCUT2D eigenvalue weighted by molar-refractivity contribution is 9.09. The molecule has 17 heavy (non-hydrogen) atoms. The number of halogens is 1. The van der Waals surface area contributed by atoms with Crippen molar-refractivity contribution in [1.29, 1.82) is 0 Å². The summed E-state index contributed by atoms with van der Waals surface area (Å²) in [6.07, 6.45) is 3.06. The van der Waals surface area contributed by atoms with Gasteiger partial charge in [-0.3, -0.25) is 0 Å². The standard InChI is InChI=1S/C13H19BrN2O/c1-3-17-12-5-4-7-15-13(12)16-8-6-10(2)11(16)9-14/h4-5,7,10-11H,3,6,8-9H2,1-2H3. The smallest absolute Gasteiger partial charge is 0.171 e. The fourth-order valence-corrected chi connectivity index (χ4v) is 3.36. The van der Waals surface area contributed by atoms with E-state index in [0.717, 1.165) is 23.4 Å². The fourth-order valence-electron chi connectivity index (χ4n) is 2.37. The Morgan fingerprint density at radius 3 is 3.12 bits per heavy atom. The first-order chi connectivity index (χ1) is 8.27. The number of anilines is 1. The monoisotopic (exact) mass is 298 g/mol. The van der Waals surface area contributed by atoms with Crippen LogP contribution in [0.4, 0.5) is 5.82 Å². The van der Waals surface area contributed by atoms with Crippen LogP contribution in [-0.4, -0.2) is 29.5 Å². The molecule has 0 radical (unpaired) electrons. The molecule has 2 unspecified atom stereocenters. The lowest BCUT2D eigenvalue weighted by Crippen LogP contribution is -2.34. The SMILES string of the molecule is CCOc1cccnc1N1CCC(C)C1CBr. The maximum atomic E-state index is 5.66. The largest absolute Gasteiger partial charge is 0.490 e. The van der Waals surface area contributed by atoms with E-state index in [-0.39, 0.29) is 0 Å². The molecule has 2 rings (SSSR count). The summed E-state index contributed by atoms with van der Waals surface area (Å²) >= 11 is 3.61. The van der Waals surface area contributed by atoms with E-state index in [2.05, 4.69) is 32.7 Å². The number of alkyl halides is 1. The van der Waals surface area contributed by atoms with Crippen LogP contribution in [0.2, 0.25) is 0 Å². The zero-order valence-corrected chi connectivity index (χ0v) is 12.0. The molecule has 1 aromatic rings. The highest BCUT2D eigenvalue weighted by atomic mass is 79.9. The molecule has 1 aliphatic rings. The van der Waals surface area contributed by atoms with Crippen molar-refractivity contribution >= 4 is 21.7 Å². The van der Waals surface area contributed by atoms with Crippen LogP contribution < -0.4 is 9.64 Å². The molecule has 4 heteroatoms. The third kappa shape index (κ3) is 2.57. The molecule has 0 aromatic carbocycles. The summed E-state index contributed by atoms with van der Waals surface area (Å²) in [5, 5.41) is 0.982. The van der Waals surface area contributed by atoms with Crippen molar-refractivity contribution in [2.24, 2.45) is 5.92 Å². The average molecular weight is 299 g/mol. The Labute approximate surface area is 111 Å². The molecule has 0 spiro atoms. The van der Waals surface area contributed by atoms with Crippen LogP contribution in [0, 0.1) is 5.92 Å². The van der Waals surface area contributed by atoms with Crippen molar-refractivity contribution in [3.8, 4) is 5.75 Å². The van der Waals surface area contributed by atoms with Crippen LogP contribution in [0.1, 0.15) is 20.3 Å². The summed E-state index contributed by atoms with van der Waals surface area (Å²) in [5.41, 5.74) is 0. The van der Waals surface area contributed by atoms with Crippen molar-refractivity contribution in [1.82, 2.24) is 4.98 Å². The minimum Gasteiger partial charge on any atom is -0.490 e. The average Bonchev–Trinajstić information content (AvgIpc) is 2.71. The van der Waals surface area contributed by atoms with E-state index < -0.39 is 0 Å². The van der Waals surface area contributed by atoms with Gasteiger partial charge in [-0.1, -0.05) is 22.9 Å². The molecule has 2 atom stereocenters. The summed E-state index contributed by atoms with van der Waals surface area (Å²) in [4.78, 5) is 6.86. The normalized spacial score (nSPS) is 24.1. The summed E-state index contributed by atoms with van der Waals surface area (Å²) in [5.74, 6) is 2.59. The second kappa shape index (κ2) is 5.71. The molecule has 1 aromatic heterocycles. The Kier molecular flexibility index (Phi) is 4.26. The lowest BCUT2D eigenvalue weighted by atomic mass is 10.1. The summed E-state index contributed by atoms with van der Waals surface area (Å²) in [6.45, 7) is 6.05. The van der Waals surface area contributed by atoms with Gasteiger partial charge in [0, 0.05) is 24.1 Å². The maximum absolute atomic E-state index is 5.66. The van der Waals surface area contributed by atoms with Gasteiger partial charge in [0.05, 0.1) is 6.61 Å². The predicted molar refractivity (Wildman–Crippen MR) is 74.1 cm³/mol. The molecule has 3 nitrogen and oxygen atoms in total. The lowest BCUT2D eigenvalue weighted by Gasteiger charge is -2.27. The van der Waals surface area contributed by atoms with Crippen LogP contribution in [0.5, 0.6) is 5.75 Å². The lowest BCUT2D eigenvalue weighted by molar-refractivity contribution is 0.338. The minimum atomic E-state index is 0.518. The molecule has 0 N–H and O–H groups in total. The molecular weight excluding hydrogens is 280 g/mol. The molecule has 1 aliphatic heterocycles. The highest BCUT2D eigenvalue weighted by Crippen LogP contribution is 2.34. The van der Waals surface area contributed by atoms with Crippen LogP contribution in [0.15, 0.2) is 18.3 Å². The Hall–Kier alpha value is -0.770. The first kappa shape index (κ1) is 12.7. The number of hydrogen-bond acceptors (Lipinski definition) is 3. The van der Waals surface area contributed by atoms with Gasteiger partial charge in [0.2, 0.25) is 0 Å². The van der Waals surface area contributed by atoms with Gasteiger partial charge in [-0.15, -0.1) is 0 Å². The topological polar surface area (TPSA) is 25.4 Å². The van der Waals surface area contributed by atoms with E-state index >= 15 is 0 Å². The quantitative estimate of drug-likeness (QED) is 0.799. The third-order valence-electron chi connectivity index (χ3n) is 3.36. The Morgan fingerprint density at radius 2 is 2.41 bits per heavy atom. The van der Waals surface area contributed by atoms with Crippen LogP contribution in [-0.2, 0) is 0 Å². The first-order valence-electron chi connectivity index (χ1n) is 6.18. The van der Waals surface area contributed by atoms with E-state index in [1.165, 1.54) is 6.42 Å². The molecule has 2 heterocycles. The number of ether oxygens (including phenoxy) is 1. The van der Waals surface area contributed by atoms with Gasteiger partial charge in [-0.05, 0) is 31.4 Å². The predicted octanol–water partition coefficient (Wildman–Crippen LogP) is 3.09. The van der Waals surface area contributed by atoms with Gasteiger partial charge in [-0.2, -0.15) is 0 Å². The van der Waals surface area contributed by atoms with Crippen molar-refractivity contribution in [3.05, 3.63) is 18.3 Å². The van der Waals surface area contributed by atoms with Crippen LogP contribution in [0.25, 0.3) is 0 Å². The van der Waals surface area contributed by atoms with E-state index in [1.807, 2.05) is 25.3 Å². The van der Waals surface area contributed by atoms with Crippen LogP contribution >= 0.6 is 15.9 Å². The molecule has 1 saturated heterocycles. The Morgan fingerprint density at radius 1 is 1.59 bits per heavy atom. The number of rotatable bonds is 4. The van der Waals surface area contributed by atoms with E-state index in [4.69, 9.17) is 4.74 Å². The summed E-state index contributed by atoms with van der Waals surface area (Å²) in [6, 6.07) is 4.45. The number of hydrogen-bond donors (Lipinski definition) is 0. The van der Waals surface area contributed by atoms with E-state index in [0.29, 0.717) is 18.6 Å². The zero-order chi connectivity index (χ0) is 12.3. The molecule has 0 saturated carbocycles. The number of aromatic nitrogens is 1. The Bertz CT molecular complexity index is 372. The molecular formula is C13H19BrN2O. The van der Waals surface area contributed by atoms with Gasteiger partial charge < -0.3 is 9.64 Å². The highest BCUT2D eigenvalue weighted by Gasteiger charge is 2.32. The molecule has 0 bridgehead atoms. The van der Waals surface area contributed by atoms with Gasteiger partial charge >= 0.3 is 0 Å². The zero-order valence-electron chi connectivity index (χ0n) is 10.4. The van der Waals surface area contributed by atoms with Gasteiger partial charge in [0.1, 0.15) is 0 Å². The summed E-state index contributed by atoms with van der Waals surface area (Å²) < 4.78 is 5.66. The Balaban J connectivity index is 2.27. The van der Waals surface area contributed by atoms with Gasteiger partial charge in [-0.25, -0.2) is 4.98 Å². The van der Waals surface area contributed by atoms with Crippen molar-refractivity contribution < 1.29 is 4.74 Å². The number of pyridine rings is 1. The van der Waals surface area contributed by atoms with E-state index in [1.54, 1.807) is 0 Å². The number of nitrogens with zero attached hydrogens (tertiary/aromatic N) is 2. The first-order valence-corrected chi connectivity index (χ1v) is 7.30. The van der Waals surface area contributed by atoms with E-state index in [9.17, 15) is 0 Å². The molecule has 1 fully saturated rings. The van der Waals surface area contributed by atoms with Gasteiger partial charge in [0.15, 0.2) is 11.6 Å². The second-order valence-corrected chi connectivity index (χ2v) is 5.09. The van der Waals surface area contributed by atoms with Crippen molar-refractivity contribution in [2.75, 3.05) is 23.4 Å². The summed E-state index contributed by atoms with van der Waals surface area (Å²) in [7, 11) is 0. The third-order valence-corrected chi connectivity index (χ3v) is 4.03. The van der Waals surface area contributed by atoms with Gasteiger partial charge in [0.25, 0.3) is 0 Å². The molecule has 94 valence electrons.